The maximum Gasteiger partial charge on any atom is 0.339 e. The van der Waals surface area contributed by atoms with E-state index in [0.29, 0.717) is 21.7 Å². The fourth-order valence-electron chi connectivity index (χ4n) is 1.37. The van der Waals surface area contributed by atoms with Crippen LogP contribution < -0.4 is 0 Å². The van der Waals surface area contributed by atoms with E-state index in [0.717, 1.165) is 10.4 Å². The number of ether oxygens (including phenoxy) is 1. The first kappa shape index (κ1) is 11.5. The molecule has 84 valence electrons. The van der Waals surface area contributed by atoms with Gasteiger partial charge in [-0.3, -0.25) is 0 Å². The third kappa shape index (κ3) is 2.08. The lowest BCUT2D eigenvalue weighted by Crippen LogP contribution is -2.05. The molecular formula is C10H9BrN2O2S. The fraction of sp³-hybridized carbons (Fsp3) is 0.300. The molecule has 0 aliphatic rings. The van der Waals surface area contributed by atoms with E-state index in [1.807, 2.05) is 6.92 Å². The molecule has 0 fully saturated rings. The quantitative estimate of drug-likeness (QED) is 0.800. The molecule has 0 bridgehead atoms. The van der Waals surface area contributed by atoms with Crippen LogP contribution in [-0.2, 0) is 4.74 Å². The van der Waals surface area contributed by atoms with Crippen molar-refractivity contribution in [3.63, 3.8) is 0 Å². The number of esters is 1. The van der Waals surface area contributed by atoms with Crippen LogP contribution in [-0.4, -0.2) is 22.5 Å². The summed E-state index contributed by atoms with van der Waals surface area (Å²) in [6.07, 6.45) is 0. The summed E-state index contributed by atoms with van der Waals surface area (Å²) in [5.41, 5.74) is 1.88. The number of hydrogen-bond donors (Lipinski definition) is 0. The van der Waals surface area contributed by atoms with E-state index >= 15 is 0 Å². The van der Waals surface area contributed by atoms with E-state index in [9.17, 15) is 4.79 Å². The Morgan fingerprint density at radius 2 is 2.31 bits per heavy atom. The number of rotatable bonds is 2. The third-order valence-corrected chi connectivity index (χ3v) is 3.49. The minimum atomic E-state index is -0.325. The minimum absolute atomic E-state index is 0.325. The summed E-state index contributed by atoms with van der Waals surface area (Å²) in [4.78, 5) is 20.2. The lowest BCUT2D eigenvalue weighted by atomic mass is 10.2. The number of halogens is 1. The van der Waals surface area contributed by atoms with Gasteiger partial charge in [0.2, 0.25) is 0 Å². The van der Waals surface area contributed by atoms with E-state index in [4.69, 9.17) is 4.74 Å². The van der Waals surface area contributed by atoms with Gasteiger partial charge in [-0.05, 0) is 35.8 Å². The third-order valence-electron chi connectivity index (χ3n) is 1.96. The van der Waals surface area contributed by atoms with Gasteiger partial charge in [0, 0.05) is 5.69 Å². The van der Waals surface area contributed by atoms with Crippen LogP contribution in [0.25, 0.3) is 10.3 Å². The van der Waals surface area contributed by atoms with Crippen LogP contribution in [0.2, 0.25) is 0 Å². The number of carbonyl (C=O) groups is 1. The predicted molar refractivity (Wildman–Crippen MR) is 65.8 cm³/mol. The molecule has 2 rings (SSSR count). The Morgan fingerprint density at radius 1 is 1.56 bits per heavy atom. The Labute approximate surface area is 105 Å². The summed E-state index contributed by atoms with van der Waals surface area (Å²) in [6, 6.07) is 1.73. The zero-order valence-electron chi connectivity index (χ0n) is 8.78. The van der Waals surface area contributed by atoms with Crippen LogP contribution >= 0.6 is 27.3 Å². The second-order valence-corrected chi connectivity index (χ2v) is 5.43. The first-order chi connectivity index (χ1) is 7.61. The number of carbonyl (C=O) groups excluding carboxylic acids is 1. The zero-order valence-corrected chi connectivity index (χ0v) is 11.2. The molecule has 6 heteroatoms. The predicted octanol–water partition coefficient (Wildman–Crippen LogP) is 2.94. The number of thiazole rings is 1. The summed E-state index contributed by atoms with van der Waals surface area (Å²) < 4.78 is 6.47. The van der Waals surface area contributed by atoms with Crippen molar-refractivity contribution >= 4 is 43.6 Å². The monoisotopic (exact) mass is 300 g/mol. The van der Waals surface area contributed by atoms with Crippen LogP contribution in [0.4, 0.5) is 0 Å². The summed E-state index contributed by atoms with van der Waals surface area (Å²) in [5.74, 6) is -0.325. The molecule has 0 amide bonds. The summed E-state index contributed by atoms with van der Waals surface area (Å²) >= 11 is 4.67. The molecule has 0 radical (unpaired) electrons. The molecule has 0 spiro atoms. The first-order valence-electron chi connectivity index (χ1n) is 4.72. The highest BCUT2D eigenvalue weighted by molar-refractivity contribution is 9.11. The maximum absolute atomic E-state index is 11.7. The van der Waals surface area contributed by atoms with Crippen molar-refractivity contribution in [1.29, 1.82) is 0 Å². The van der Waals surface area contributed by atoms with Crippen molar-refractivity contribution < 1.29 is 9.53 Å². The van der Waals surface area contributed by atoms with E-state index in [2.05, 4.69) is 25.9 Å². The molecule has 0 unspecified atom stereocenters. The Hall–Kier alpha value is -1.01. The molecule has 16 heavy (non-hydrogen) atoms. The smallest absolute Gasteiger partial charge is 0.339 e. The molecule has 0 aliphatic heterocycles. The molecule has 0 aliphatic carbocycles. The number of pyridine rings is 1. The Bertz CT molecular complexity index is 553. The summed E-state index contributed by atoms with van der Waals surface area (Å²) in [6.45, 7) is 3.98. The lowest BCUT2D eigenvalue weighted by molar-refractivity contribution is 0.0528. The van der Waals surface area contributed by atoms with Gasteiger partial charge < -0.3 is 4.74 Å². The van der Waals surface area contributed by atoms with Crippen molar-refractivity contribution in [2.24, 2.45) is 0 Å². The highest BCUT2D eigenvalue weighted by Gasteiger charge is 2.16. The highest BCUT2D eigenvalue weighted by Crippen LogP contribution is 2.28. The molecule has 0 atom stereocenters. The normalized spacial score (nSPS) is 10.7. The van der Waals surface area contributed by atoms with Crippen molar-refractivity contribution in [1.82, 2.24) is 9.97 Å². The number of aryl methyl sites for hydroxylation is 1. The van der Waals surface area contributed by atoms with Gasteiger partial charge >= 0.3 is 5.97 Å². The number of hydrogen-bond acceptors (Lipinski definition) is 5. The van der Waals surface area contributed by atoms with Crippen LogP contribution in [0, 0.1) is 6.92 Å². The minimum Gasteiger partial charge on any atom is -0.462 e. The second kappa shape index (κ2) is 4.47. The van der Waals surface area contributed by atoms with E-state index in [1.54, 1.807) is 13.0 Å². The molecule has 2 aromatic rings. The molecule has 2 aromatic heterocycles. The number of aromatic nitrogens is 2. The topological polar surface area (TPSA) is 52.1 Å². The van der Waals surface area contributed by atoms with Crippen LogP contribution in [0.3, 0.4) is 0 Å². The Morgan fingerprint density at radius 3 is 3.00 bits per heavy atom. The first-order valence-corrected chi connectivity index (χ1v) is 6.33. The molecule has 0 N–H and O–H groups in total. The average molecular weight is 301 g/mol. The van der Waals surface area contributed by atoms with E-state index in [1.165, 1.54) is 11.3 Å². The lowest BCUT2D eigenvalue weighted by Gasteiger charge is -2.03. The van der Waals surface area contributed by atoms with Crippen molar-refractivity contribution in [2.45, 2.75) is 13.8 Å². The van der Waals surface area contributed by atoms with Crippen molar-refractivity contribution in [3.05, 3.63) is 21.2 Å². The standard InChI is InChI=1S/C10H9BrN2O2S/c1-3-15-9(14)6-4-5(2)12-8-7(6)16-10(11)13-8/h4H,3H2,1-2H3. The Kier molecular flexibility index (Phi) is 3.20. The summed E-state index contributed by atoms with van der Waals surface area (Å²) in [7, 11) is 0. The molecule has 4 nitrogen and oxygen atoms in total. The van der Waals surface area contributed by atoms with Gasteiger partial charge in [-0.25, -0.2) is 14.8 Å². The fourth-order valence-corrected chi connectivity index (χ4v) is 2.76. The van der Waals surface area contributed by atoms with Gasteiger partial charge in [-0.2, -0.15) is 0 Å². The molecule has 0 saturated carbocycles. The zero-order chi connectivity index (χ0) is 11.7. The van der Waals surface area contributed by atoms with Crippen molar-refractivity contribution in [2.75, 3.05) is 6.61 Å². The second-order valence-electron chi connectivity index (χ2n) is 3.15. The number of nitrogens with zero attached hydrogens (tertiary/aromatic N) is 2. The maximum atomic E-state index is 11.7. The highest BCUT2D eigenvalue weighted by atomic mass is 79.9. The SMILES string of the molecule is CCOC(=O)c1cc(C)nc2nc(Br)sc12. The molecule has 2 heterocycles. The van der Waals surface area contributed by atoms with E-state index in [-0.39, 0.29) is 5.97 Å². The van der Waals surface area contributed by atoms with Gasteiger partial charge in [0.1, 0.15) is 0 Å². The van der Waals surface area contributed by atoms with Gasteiger partial charge in [0.15, 0.2) is 9.56 Å². The largest absolute Gasteiger partial charge is 0.462 e. The summed E-state index contributed by atoms with van der Waals surface area (Å²) in [5, 5.41) is 0. The van der Waals surface area contributed by atoms with Gasteiger partial charge in [-0.15, -0.1) is 11.3 Å². The Balaban J connectivity index is 2.62. The van der Waals surface area contributed by atoms with Crippen LogP contribution in [0.15, 0.2) is 9.98 Å². The van der Waals surface area contributed by atoms with Crippen LogP contribution in [0.5, 0.6) is 0 Å². The van der Waals surface area contributed by atoms with Crippen LogP contribution in [0.1, 0.15) is 23.0 Å². The van der Waals surface area contributed by atoms with E-state index < -0.39 is 0 Å². The van der Waals surface area contributed by atoms with Gasteiger partial charge in [-0.1, -0.05) is 0 Å². The van der Waals surface area contributed by atoms with Gasteiger partial charge in [0.05, 0.1) is 16.9 Å². The molecule has 0 saturated heterocycles. The number of fused-ring (bicyclic) bond motifs is 1. The van der Waals surface area contributed by atoms with Crippen molar-refractivity contribution in [3.8, 4) is 0 Å². The molecular weight excluding hydrogens is 292 g/mol. The van der Waals surface area contributed by atoms with Gasteiger partial charge in [0.25, 0.3) is 0 Å². The molecule has 0 aromatic carbocycles. The average Bonchev–Trinajstić information content (AvgIpc) is 2.57.